The van der Waals surface area contributed by atoms with E-state index in [1.165, 1.54) is 17.1 Å². The Morgan fingerprint density at radius 2 is 2.04 bits per heavy atom. The lowest BCUT2D eigenvalue weighted by Crippen LogP contribution is -2.25. The smallest absolute Gasteiger partial charge is 0.358 e. The summed E-state index contributed by atoms with van der Waals surface area (Å²) in [6.45, 7) is 4.10. The van der Waals surface area contributed by atoms with Gasteiger partial charge in [0, 0.05) is 5.02 Å². The van der Waals surface area contributed by atoms with Crippen LogP contribution >= 0.6 is 11.6 Å². The second kappa shape index (κ2) is 8.17. The van der Waals surface area contributed by atoms with Gasteiger partial charge in [-0.15, -0.1) is 5.10 Å². The number of nitro groups is 1. The van der Waals surface area contributed by atoms with Gasteiger partial charge in [-0.05, 0) is 29.5 Å². The molecule has 3 rings (SSSR count). The number of carbonyl (C=O) groups excluding carboxylic acids is 1. The minimum absolute atomic E-state index is 0.189. The summed E-state index contributed by atoms with van der Waals surface area (Å²) < 4.78 is 3.04. The molecule has 3 aromatic rings. The Kier molecular flexibility index (Phi) is 5.69. The molecule has 28 heavy (non-hydrogen) atoms. The van der Waals surface area contributed by atoms with Gasteiger partial charge in [0.15, 0.2) is 0 Å². The van der Waals surface area contributed by atoms with E-state index in [9.17, 15) is 14.9 Å². The lowest BCUT2D eigenvalue weighted by atomic mass is 10.1. The maximum atomic E-state index is 12.4. The van der Waals surface area contributed by atoms with Crippen LogP contribution in [0.3, 0.4) is 0 Å². The van der Waals surface area contributed by atoms with Crippen LogP contribution in [0.4, 0.5) is 11.8 Å². The molecule has 0 fully saturated rings. The summed E-state index contributed by atoms with van der Waals surface area (Å²) in [5.74, 6) is -0.843. The maximum Gasteiger partial charge on any atom is 0.390 e. The number of aromatic nitrogens is 5. The molecule has 1 aromatic carbocycles. The number of anilines is 1. The lowest BCUT2D eigenvalue weighted by molar-refractivity contribution is -0.389. The van der Waals surface area contributed by atoms with E-state index in [1.807, 2.05) is 12.1 Å². The first-order valence-electron chi connectivity index (χ1n) is 8.45. The summed E-state index contributed by atoms with van der Waals surface area (Å²) in [7, 11) is 0. The number of hydrogen-bond donors (Lipinski definition) is 1. The van der Waals surface area contributed by atoms with Crippen molar-refractivity contribution in [3.8, 4) is 0 Å². The van der Waals surface area contributed by atoms with Gasteiger partial charge in [-0.1, -0.05) is 30.7 Å². The summed E-state index contributed by atoms with van der Waals surface area (Å²) in [5.41, 5.74) is 1.60. The second-order valence-electron chi connectivity index (χ2n) is 6.37. The molecular weight excluding hydrogens is 386 g/mol. The molecule has 2 aromatic heterocycles. The van der Waals surface area contributed by atoms with Crippen LogP contribution in [0, 0.1) is 23.0 Å². The Hall–Kier alpha value is -3.27. The van der Waals surface area contributed by atoms with Gasteiger partial charge in [-0.3, -0.25) is 10.1 Å². The van der Waals surface area contributed by atoms with E-state index in [-0.39, 0.29) is 24.2 Å². The van der Waals surface area contributed by atoms with Crippen molar-refractivity contribution in [2.24, 2.45) is 5.92 Å². The van der Waals surface area contributed by atoms with Gasteiger partial charge in [0.05, 0.1) is 35.9 Å². The van der Waals surface area contributed by atoms with Crippen molar-refractivity contribution in [3.63, 3.8) is 0 Å². The van der Waals surface area contributed by atoms with Crippen LogP contribution < -0.4 is 5.32 Å². The summed E-state index contributed by atoms with van der Waals surface area (Å²) in [6, 6.07) is 8.72. The van der Waals surface area contributed by atoms with Crippen LogP contribution in [0.15, 0.2) is 36.7 Å². The molecule has 1 amide bonds. The highest BCUT2D eigenvalue weighted by molar-refractivity contribution is 6.30. The van der Waals surface area contributed by atoms with Gasteiger partial charge >= 0.3 is 5.82 Å². The number of nitrogens with zero attached hydrogens (tertiary/aromatic N) is 6. The third-order valence-electron chi connectivity index (χ3n) is 4.08. The van der Waals surface area contributed by atoms with Crippen molar-refractivity contribution in [2.75, 3.05) is 5.32 Å². The molecule has 0 saturated carbocycles. The summed E-state index contributed by atoms with van der Waals surface area (Å²) in [5, 5.41) is 22.2. The average Bonchev–Trinajstić information content (AvgIpc) is 3.24. The van der Waals surface area contributed by atoms with E-state index in [2.05, 4.69) is 20.5 Å². The van der Waals surface area contributed by atoms with Gasteiger partial charge in [0.25, 0.3) is 0 Å². The van der Waals surface area contributed by atoms with E-state index >= 15 is 0 Å². The third-order valence-corrected chi connectivity index (χ3v) is 4.33. The van der Waals surface area contributed by atoms with Gasteiger partial charge in [0.1, 0.15) is 6.33 Å². The quantitative estimate of drug-likeness (QED) is 0.478. The Balaban J connectivity index is 1.59. The Labute approximate surface area is 165 Å². The van der Waals surface area contributed by atoms with Crippen molar-refractivity contribution in [2.45, 2.75) is 26.9 Å². The molecule has 0 aliphatic carbocycles. The van der Waals surface area contributed by atoms with E-state index in [0.29, 0.717) is 17.3 Å². The monoisotopic (exact) mass is 403 g/mol. The minimum Gasteiger partial charge on any atom is -0.358 e. The molecule has 1 N–H and O–H groups in total. The molecule has 0 bridgehead atoms. The van der Waals surface area contributed by atoms with Crippen molar-refractivity contribution < 1.29 is 9.72 Å². The SMILES string of the molecule is Cc1cc([N+](=O)[O-])nn1CC(C)C(=O)Nc1ncn(Cc2ccc(Cl)cc2)n1. The average molecular weight is 404 g/mol. The van der Waals surface area contributed by atoms with Crippen molar-refractivity contribution >= 4 is 29.3 Å². The third kappa shape index (κ3) is 4.71. The van der Waals surface area contributed by atoms with Gasteiger partial charge < -0.3 is 10.1 Å². The molecule has 10 nitrogen and oxygen atoms in total. The van der Waals surface area contributed by atoms with Gasteiger partial charge in [-0.25, -0.2) is 9.67 Å². The van der Waals surface area contributed by atoms with Crippen LogP contribution in [-0.4, -0.2) is 35.4 Å². The highest BCUT2D eigenvalue weighted by atomic mass is 35.5. The van der Waals surface area contributed by atoms with Crippen LogP contribution in [0.2, 0.25) is 5.02 Å². The molecule has 1 atom stereocenters. The zero-order valence-corrected chi connectivity index (χ0v) is 16.0. The highest BCUT2D eigenvalue weighted by Crippen LogP contribution is 2.14. The summed E-state index contributed by atoms with van der Waals surface area (Å²) >= 11 is 5.87. The number of nitrogens with one attached hydrogen (secondary N) is 1. The maximum absolute atomic E-state index is 12.4. The van der Waals surface area contributed by atoms with Gasteiger partial charge in [0.2, 0.25) is 11.9 Å². The molecule has 0 saturated heterocycles. The molecule has 0 spiro atoms. The Morgan fingerprint density at radius 1 is 1.32 bits per heavy atom. The van der Waals surface area contributed by atoms with Crippen LogP contribution in [0.5, 0.6) is 0 Å². The fourth-order valence-corrected chi connectivity index (χ4v) is 2.67. The van der Waals surface area contributed by atoms with Crippen molar-refractivity contribution in [3.05, 3.63) is 63.1 Å². The number of carbonyl (C=O) groups is 1. The summed E-state index contributed by atoms with van der Waals surface area (Å²) in [6.07, 6.45) is 1.52. The van der Waals surface area contributed by atoms with Crippen LogP contribution in [0.25, 0.3) is 0 Å². The van der Waals surface area contributed by atoms with Crippen LogP contribution in [0.1, 0.15) is 18.2 Å². The van der Waals surface area contributed by atoms with Gasteiger partial charge in [-0.2, -0.15) is 4.68 Å². The van der Waals surface area contributed by atoms with E-state index in [1.54, 1.807) is 30.7 Å². The number of rotatable bonds is 7. The van der Waals surface area contributed by atoms with Crippen molar-refractivity contribution in [1.82, 2.24) is 24.5 Å². The van der Waals surface area contributed by atoms with E-state index in [0.717, 1.165) is 5.56 Å². The number of hydrogen-bond acceptors (Lipinski definition) is 6. The lowest BCUT2D eigenvalue weighted by Gasteiger charge is -2.09. The predicted molar refractivity (Wildman–Crippen MR) is 102 cm³/mol. The Morgan fingerprint density at radius 3 is 2.68 bits per heavy atom. The molecule has 146 valence electrons. The number of benzene rings is 1. The van der Waals surface area contributed by atoms with Crippen molar-refractivity contribution in [1.29, 1.82) is 0 Å². The topological polar surface area (TPSA) is 121 Å². The number of aryl methyl sites for hydroxylation is 1. The predicted octanol–water partition coefficient (Wildman–Crippen LogP) is 2.67. The first kappa shape index (κ1) is 19.5. The molecule has 0 radical (unpaired) electrons. The largest absolute Gasteiger partial charge is 0.390 e. The molecule has 2 heterocycles. The van der Waals surface area contributed by atoms with E-state index in [4.69, 9.17) is 11.6 Å². The normalized spacial score (nSPS) is 12.0. The Bertz CT molecular complexity index is 997. The molecular formula is C17H18ClN7O3. The fraction of sp³-hybridized carbons (Fsp3) is 0.294. The highest BCUT2D eigenvalue weighted by Gasteiger charge is 2.21. The molecule has 0 aliphatic heterocycles. The summed E-state index contributed by atoms with van der Waals surface area (Å²) in [4.78, 5) is 26.7. The molecule has 1 unspecified atom stereocenters. The number of halogens is 1. The van der Waals surface area contributed by atoms with Crippen LogP contribution in [-0.2, 0) is 17.9 Å². The fourth-order valence-electron chi connectivity index (χ4n) is 2.55. The second-order valence-corrected chi connectivity index (χ2v) is 6.80. The molecule has 0 aliphatic rings. The first-order chi connectivity index (χ1) is 13.3. The zero-order valence-electron chi connectivity index (χ0n) is 15.2. The zero-order chi connectivity index (χ0) is 20.3. The van der Waals surface area contributed by atoms with E-state index < -0.39 is 10.8 Å². The molecule has 11 heteroatoms. The standard InChI is InChI=1S/C17H18ClN7O3/c1-11(8-24-12(2)7-15(21-24)25(27)28)16(26)20-17-19-10-23(22-17)9-13-3-5-14(18)6-4-13/h3-7,10-11H,8-9H2,1-2H3,(H,20,22,26). The first-order valence-corrected chi connectivity index (χ1v) is 8.83. The number of amides is 1. The minimum atomic E-state index is -0.564.